The molecular weight excluding hydrogens is 340 g/mol. The maximum atomic E-state index is 12.5. The van der Waals surface area contributed by atoms with Crippen LogP contribution in [0.4, 0.5) is 5.69 Å². The number of rotatable bonds is 5. The van der Waals surface area contributed by atoms with Gasteiger partial charge in [0, 0.05) is 11.6 Å². The van der Waals surface area contributed by atoms with E-state index in [9.17, 15) is 9.59 Å². The third-order valence-electron chi connectivity index (χ3n) is 3.56. The van der Waals surface area contributed by atoms with Crippen molar-refractivity contribution in [1.29, 1.82) is 0 Å². The van der Waals surface area contributed by atoms with Crippen molar-refractivity contribution in [2.75, 3.05) is 5.32 Å². The fourth-order valence-corrected chi connectivity index (χ4v) is 2.50. The molecule has 3 rings (SSSR count). The van der Waals surface area contributed by atoms with Crippen molar-refractivity contribution in [2.24, 2.45) is 0 Å². The molecule has 25 heavy (non-hydrogen) atoms. The summed E-state index contributed by atoms with van der Waals surface area (Å²) in [6.07, 6.45) is 1.41. The lowest BCUT2D eigenvalue weighted by atomic mass is 10.1. The molecule has 1 aromatic heterocycles. The molecule has 1 heterocycles. The van der Waals surface area contributed by atoms with Crippen LogP contribution in [0.25, 0.3) is 0 Å². The number of nitrogens with one attached hydrogen (secondary N) is 2. The van der Waals surface area contributed by atoms with Crippen molar-refractivity contribution in [3.8, 4) is 0 Å². The van der Waals surface area contributed by atoms with E-state index in [2.05, 4.69) is 10.6 Å². The summed E-state index contributed by atoms with van der Waals surface area (Å²) in [5.74, 6) is -0.558. The van der Waals surface area contributed by atoms with Crippen LogP contribution in [0.1, 0.15) is 26.5 Å². The summed E-state index contributed by atoms with van der Waals surface area (Å²) < 4.78 is 5.06. The van der Waals surface area contributed by atoms with Crippen molar-refractivity contribution >= 4 is 29.1 Å². The zero-order valence-electron chi connectivity index (χ0n) is 13.2. The second-order valence-corrected chi connectivity index (χ2v) is 5.66. The van der Waals surface area contributed by atoms with E-state index in [1.807, 2.05) is 18.2 Å². The van der Waals surface area contributed by atoms with Gasteiger partial charge in [0.1, 0.15) is 0 Å². The molecular formula is C19H15ClN2O3. The zero-order valence-corrected chi connectivity index (χ0v) is 13.9. The SMILES string of the molecule is O=C(Nc1ccccc1C(=O)NCc1ccccc1Cl)c1ccco1. The van der Waals surface area contributed by atoms with Gasteiger partial charge in [-0.3, -0.25) is 9.59 Å². The van der Waals surface area contributed by atoms with Crippen LogP contribution in [-0.2, 0) is 6.54 Å². The van der Waals surface area contributed by atoms with Gasteiger partial charge in [0.25, 0.3) is 11.8 Å². The van der Waals surface area contributed by atoms with Crippen LogP contribution < -0.4 is 10.6 Å². The molecule has 0 bridgehead atoms. The minimum absolute atomic E-state index is 0.172. The predicted molar refractivity (Wildman–Crippen MR) is 95.7 cm³/mol. The van der Waals surface area contributed by atoms with Gasteiger partial charge in [0.05, 0.1) is 17.5 Å². The first-order valence-electron chi connectivity index (χ1n) is 7.60. The standard InChI is InChI=1S/C19H15ClN2O3/c20-15-8-3-1-6-13(15)12-21-18(23)14-7-2-4-9-16(14)22-19(24)17-10-5-11-25-17/h1-11H,12H2,(H,21,23)(H,22,24). The second kappa shape index (κ2) is 7.68. The van der Waals surface area contributed by atoms with E-state index in [1.165, 1.54) is 6.26 Å². The molecule has 6 heteroatoms. The number of halogens is 1. The van der Waals surface area contributed by atoms with Crippen LogP contribution in [0.5, 0.6) is 0 Å². The fourth-order valence-electron chi connectivity index (χ4n) is 2.29. The Morgan fingerprint density at radius 2 is 1.68 bits per heavy atom. The zero-order chi connectivity index (χ0) is 17.6. The van der Waals surface area contributed by atoms with Gasteiger partial charge in [-0.25, -0.2) is 0 Å². The molecule has 0 atom stereocenters. The number of hydrogen-bond acceptors (Lipinski definition) is 3. The van der Waals surface area contributed by atoms with Crippen molar-refractivity contribution in [3.05, 3.63) is 88.8 Å². The second-order valence-electron chi connectivity index (χ2n) is 5.25. The Morgan fingerprint density at radius 3 is 2.44 bits per heavy atom. The Morgan fingerprint density at radius 1 is 0.920 bits per heavy atom. The molecule has 0 aliphatic carbocycles. The quantitative estimate of drug-likeness (QED) is 0.724. The van der Waals surface area contributed by atoms with Gasteiger partial charge in [-0.1, -0.05) is 41.9 Å². The molecule has 3 aromatic rings. The maximum absolute atomic E-state index is 12.5. The summed E-state index contributed by atoms with van der Waals surface area (Å²) in [6, 6.07) is 17.2. The fraction of sp³-hybridized carbons (Fsp3) is 0.0526. The molecule has 0 saturated carbocycles. The first-order valence-corrected chi connectivity index (χ1v) is 7.98. The monoisotopic (exact) mass is 354 g/mol. The third kappa shape index (κ3) is 4.08. The summed E-state index contributed by atoms with van der Waals surface area (Å²) in [4.78, 5) is 24.6. The first-order chi connectivity index (χ1) is 12.1. The van der Waals surface area contributed by atoms with Gasteiger partial charge in [0.15, 0.2) is 5.76 Å². The van der Waals surface area contributed by atoms with E-state index in [0.29, 0.717) is 22.8 Å². The van der Waals surface area contributed by atoms with Crippen LogP contribution in [-0.4, -0.2) is 11.8 Å². The summed E-state index contributed by atoms with van der Waals surface area (Å²) in [5, 5.41) is 6.08. The summed E-state index contributed by atoms with van der Waals surface area (Å²) in [5.41, 5.74) is 1.57. The van der Waals surface area contributed by atoms with Crippen LogP contribution in [0.15, 0.2) is 71.3 Å². The highest BCUT2D eigenvalue weighted by Crippen LogP contribution is 2.18. The summed E-state index contributed by atoms with van der Waals surface area (Å²) in [7, 11) is 0. The van der Waals surface area contributed by atoms with Crippen molar-refractivity contribution in [1.82, 2.24) is 5.32 Å². The van der Waals surface area contributed by atoms with Crippen LogP contribution in [0.2, 0.25) is 5.02 Å². The van der Waals surface area contributed by atoms with Gasteiger partial charge in [-0.15, -0.1) is 0 Å². The van der Waals surface area contributed by atoms with E-state index < -0.39 is 5.91 Å². The number of furan rings is 1. The number of hydrogen-bond donors (Lipinski definition) is 2. The van der Waals surface area contributed by atoms with Crippen LogP contribution in [0, 0.1) is 0 Å². The van der Waals surface area contributed by atoms with Gasteiger partial charge < -0.3 is 15.1 Å². The van der Waals surface area contributed by atoms with E-state index in [4.69, 9.17) is 16.0 Å². The average molecular weight is 355 g/mol. The smallest absolute Gasteiger partial charge is 0.291 e. The van der Waals surface area contributed by atoms with E-state index in [-0.39, 0.29) is 11.7 Å². The number of benzene rings is 2. The number of anilines is 1. The topological polar surface area (TPSA) is 71.3 Å². The Hall–Kier alpha value is -3.05. The molecule has 2 N–H and O–H groups in total. The minimum Gasteiger partial charge on any atom is -0.459 e. The van der Waals surface area contributed by atoms with E-state index in [0.717, 1.165) is 5.56 Å². The van der Waals surface area contributed by atoms with Gasteiger partial charge in [0.2, 0.25) is 0 Å². The lowest BCUT2D eigenvalue weighted by Crippen LogP contribution is -2.25. The van der Waals surface area contributed by atoms with E-state index in [1.54, 1.807) is 42.5 Å². The molecule has 0 fully saturated rings. The molecule has 5 nitrogen and oxygen atoms in total. The molecule has 0 spiro atoms. The highest BCUT2D eigenvalue weighted by atomic mass is 35.5. The average Bonchev–Trinajstić information content (AvgIpc) is 3.16. The molecule has 2 aromatic carbocycles. The van der Waals surface area contributed by atoms with Gasteiger partial charge in [-0.2, -0.15) is 0 Å². The normalized spacial score (nSPS) is 10.3. The van der Waals surface area contributed by atoms with Crippen molar-refractivity contribution < 1.29 is 14.0 Å². The minimum atomic E-state index is -0.420. The molecule has 0 unspecified atom stereocenters. The Bertz CT molecular complexity index is 891. The third-order valence-corrected chi connectivity index (χ3v) is 3.93. The number of carbonyl (C=O) groups is 2. The molecule has 0 aliphatic rings. The van der Waals surface area contributed by atoms with Crippen LogP contribution in [0.3, 0.4) is 0 Å². The molecule has 0 saturated heterocycles. The Labute approximate surface area is 149 Å². The number of para-hydroxylation sites is 1. The summed E-state index contributed by atoms with van der Waals surface area (Å²) >= 11 is 6.09. The molecule has 0 radical (unpaired) electrons. The summed E-state index contributed by atoms with van der Waals surface area (Å²) in [6.45, 7) is 0.291. The largest absolute Gasteiger partial charge is 0.459 e. The highest BCUT2D eigenvalue weighted by molar-refractivity contribution is 6.31. The highest BCUT2D eigenvalue weighted by Gasteiger charge is 2.15. The van der Waals surface area contributed by atoms with Gasteiger partial charge >= 0.3 is 0 Å². The molecule has 126 valence electrons. The lowest BCUT2D eigenvalue weighted by molar-refractivity contribution is 0.0952. The lowest BCUT2D eigenvalue weighted by Gasteiger charge is -2.11. The van der Waals surface area contributed by atoms with Gasteiger partial charge in [-0.05, 0) is 35.9 Å². The Balaban J connectivity index is 1.72. The number of carbonyl (C=O) groups excluding carboxylic acids is 2. The molecule has 2 amide bonds. The first kappa shape index (κ1) is 16.8. The van der Waals surface area contributed by atoms with Crippen LogP contribution >= 0.6 is 11.6 Å². The Kier molecular flexibility index (Phi) is 5.16. The van der Waals surface area contributed by atoms with E-state index >= 15 is 0 Å². The maximum Gasteiger partial charge on any atom is 0.291 e. The van der Waals surface area contributed by atoms with Crippen molar-refractivity contribution in [2.45, 2.75) is 6.54 Å². The molecule has 0 aliphatic heterocycles. The predicted octanol–water partition coefficient (Wildman–Crippen LogP) is 4.12. The van der Waals surface area contributed by atoms with Crippen molar-refractivity contribution in [3.63, 3.8) is 0 Å². The number of amides is 2.